The van der Waals surface area contributed by atoms with Crippen molar-refractivity contribution in [2.24, 2.45) is 10.8 Å². The predicted molar refractivity (Wildman–Crippen MR) is 60.4 cm³/mol. The second-order valence-corrected chi connectivity index (χ2v) is 4.82. The molecule has 0 saturated carbocycles. The van der Waals surface area contributed by atoms with Gasteiger partial charge in [0.1, 0.15) is 5.41 Å². The van der Waals surface area contributed by atoms with Crippen molar-refractivity contribution in [3.63, 3.8) is 0 Å². The average Bonchev–Trinajstić information content (AvgIpc) is 2.22. The summed E-state index contributed by atoms with van der Waals surface area (Å²) in [7, 11) is 0. The smallest absolute Gasteiger partial charge is 0.328 e. The van der Waals surface area contributed by atoms with Crippen molar-refractivity contribution >= 4 is 23.8 Å². The summed E-state index contributed by atoms with van der Waals surface area (Å²) in [6.45, 7) is 4.34. The molecule has 0 aromatic rings. The van der Waals surface area contributed by atoms with Crippen LogP contribution in [0.4, 0.5) is 4.79 Å². The van der Waals surface area contributed by atoms with Crippen LogP contribution in [0.3, 0.4) is 0 Å². The topological polar surface area (TPSA) is 113 Å². The van der Waals surface area contributed by atoms with E-state index in [1.165, 1.54) is 13.8 Å². The number of amides is 4. The van der Waals surface area contributed by atoms with E-state index in [1.807, 2.05) is 10.6 Å². The number of hydrogen-bond acceptors (Lipinski definition) is 4. The fourth-order valence-electron chi connectivity index (χ4n) is 2.22. The first-order valence-corrected chi connectivity index (χ1v) is 5.60. The van der Waals surface area contributed by atoms with E-state index in [4.69, 9.17) is 0 Å². The zero-order valence-electron chi connectivity index (χ0n) is 10.5. The lowest BCUT2D eigenvalue weighted by atomic mass is 9.61. The van der Waals surface area contributed by atoms with Gasteiger partial charge in [-0.1, -0.05) is 13.3 Å². The number of aliphatic carboxylic acids is 1. The van der Waals surface area contributed by atoms with Gasteiger partial charge in [-0.2, -0.15) is 0 Å². The Morgan fingerprint density at radius 3 is 2.00 bits per heavy atom. The predicted octanol–water partition coefficient (Wildman–Crippen LogP) is 0.250. The second kappa shape index (κ2) is 4.40. The van der Waals surface area contributed by atoms with Crippen molar-refractivity contribution in [1.82, 2.24) is 10.6 Å². The summed E-state index contributed by atoms with van der Waals surface area (Å²) in [6, 6.07) is -0.919. The first-order chi connectivity index (χ1) is 8.20. The summed E-state index contributed by atoms with van der Waals surface area (Å²) >= 11 is 0. The van der Waals surface area contributed by atoms with Crippen molar-refractivity contribution in [2.75, 3.05) is 0 Å². The van der Waals surface area contributed by atoms with E-state index < -0.39 is 34.6 Å². The molecule has 0 radical (unpaired) electrons. The van der Waals surface area contributed by atoms with E-state index in [0.717, 1.165) is 0 Å². The lowest BCUT2D eigenvalue weighted by Crippen LogP contribution is -2.68. The van der Waals surface area contributed by atoms with Crippen LogP contribution in [0, 0.1) is 10.8 Å². The van der Waals surface area contributed by atoms with Gasteiger partial charge in [0.25, 0.3) is 0 Å². The highest BCUT2D eigenvalue weighted by Gasteiger charge is 2.62. The minimum Gasteiger partial charge on any atom is -0.481 e. The summed E-state index contributed by atoms with van der Waals surface area (Å²) in [5.41, 5.74) is -3.39. The van der Waals surface area contributed by atoms with Gasteiger partial charge in [-0.3, -0.25) is 25.0 Å². The Morgan fingerprint density at radius 1 is 1.22 bits per heavy atom. The number of carboxylic acid groups (broad SMARTS) is 1. The average molecular weight is 256 g/mol. The van der Waals surface area contributed by atoms with E-state index in [9.17, 15) is 24.3 Å². The lowest BCUT2D eigenvalue weighted by Gasteiger charge is -2.42. The lowest BCUT2D eigenvalue weighted by molar-refractivity contribution is -0.169. The fourth-order valence-corrected chi connectivity index (χ4v) is 2.22. The highest BCUT2D eigenvalue weighted by molar-refractivity contribution is 6.21. The van der Waals surface area contributed by atoms with Gasteiger partial charge in [0.05, 0.1) is 5.41 Å². The molecule has 0 aromatic heterocycles. The number of hydrogen-bond donors (Lipinski definition) is 3. The van der Waals surface area contributed by atoms with Crippen LogP contribution in [0.2, 0.25) is 0 Å². The van der Waals surface area contributed by atoms with Gasteiger partial charge in [-0.15, -0.1) is 0 Å². The summed E-state index contributed by atoms with van der Waals surface area (Å²) in [6.07, 6.45) is 0.489. The molecule has 1 fully saturated rings. The molecule has 100 valence electrons. The van der Waals surface area contributed by atoms with Gasteiger partial charge in [0.15, 0.2) is 0 Å². The second-order valence-electron chi connectivity index (χ2n) is 4.82. The summed E-state index contributed by atoms with van der Waals surface area (Å²) in [4.78, 5) is 46.4. The van der Waals surface area contributed by atoms with Crippen molar-refractivity contribution in [1.29, 1.82) is 0 Å². The molecule has 4 amide bonds. The first kappa shape index (κ1) is 14.1. The molecule has 0 aliphatic carbocycles. The molecule has 0 bridgehead atoms. The third-order valence-corrected chi connectivity index (χ3v) is 3.46. The van der Waals surface area contributed by atoms with E-state index in [2.05, 4.69) is 0 Å². The molecule has 7 nitrogen and oxygen atoms in total. The Hall–Kier alpha value is -1.92. The number of nitrogens with one attached hydrogen (secondary N) is 2. The third kappa shape index (κ3) is 1.75. The Kier molecular flexibility index (Phi) is 3.45. The molecule has 0 spiro atoms. The van der Waals surface area contributed by atoms with Crippen molar-refractivity contribution in [2.45, 2.75) is 33.6 Å². The van der Waals surface area contributed by atoms with Crippen LogP contribution in [-0.2, 0) is 14.4 Å². The van der Waals surface area contributed by atoms with Crippen LogP contribution in [0.5, 0.6) is 0 Å². The summed E-state index contributed by atoms with van der Waals surface area (Å²) < 4.78 is 0. The minimum absolute atomic E-state index is 0.0528. The normalized spacial score (nSPS) is 19.2. The van der Waals surface area contributed by atoms with Gasteiger partial charge >= 0.3 is 12.0 Å². The van der Waals surface area contributed by atoms with Gasteiger partial charge in [0, 0.05) is 0 Å². The third-order valence-electron chi connectivity index (χ3n) is 3.46. The number of carbonyl (C=O) groups excluding carboxylic acids is 3. The molecular weight excluding hydrogens is 240 g/mol. The van der Waals surface area contributed by atoms with Crippen molar-refractivity contribution < 1.29 is 24.3 Å². The largest absolute Gasteiger partial charge is 0.481 e. The number of urea groups is 1. The van der Waals surface area contributed by atoms with E-state index in [0.29, 0.717) is 6.42 Å². The molecule has 7 heteroatoms. The molecule has 0 aromatic carbocycles. The molecule has 0 unspecified atom stereocenters. The first-order valence-electron chi connectivity index (χ1n) is 5.60. The standard InChI is InChI=1S/C11H16N2O5/c1-4-5-11(10(2,3)8(16)17)6(14)12-9(18)13-7(11)15/h4-5H2,1-3H3,(H,16,17)(H2,12,13,14,15,18). The van der Waals surface area contributed by atoms with E-state index in [1.54, 1.807) is 6.92 Å². The quantitative estimate of drug-likeness (QED) is 0.624. The SMILES string of the molecule is CCCC1(C(C)(C)C(=O)O)C(=O)NC(=O)NC1=O. The molecule has 1 heterocycles. The monoisotopic (exact) mass is 256 g/mol. The van der Waals surface area contributed by atoms with Crippen LogP contribution in [0.1, 0.15) is 33.6 Å². The Morgan fingerprint density at radius 2 is 1.67 bits per heavy atom. The van der Waals surface area contributed by atoms with Gasteiger partial charge in [0.2, 0.25) is 11.8 Å². The number of imide groups is 2. The molecule has 1 aliphatic rings. The molecule has 18 heavy (non-hydrogen) atoms. The summed E-state index contributed by atoms with van der Waals surface area (Å²) in [5, 5.41) is 13.2. The maximum absolute atomic E-state index is 12.0. The van der Waals surface area contributed by atoms with Crippen molar-refractivity contribution in [3.05, 3.63) is 0 Å². The van der Waals surface area contributed by atoms with Gasteiger partial charge < -0.3 is 5.11 Å². The van der Waals surface area contributed by atoms with Crippen LogP contribution < -0.4 is 10.6 Å². The molecule has 3 N–H and O–H groups in total. The fraction of sp³-hybridized carbons (Fsp3) is 0.636. The molecule has 1 saturated heterocycles. The van der Waals surface area contributed by atoms with E-state index >= 15 is 0 Å². The maximum atomic E-state index is 12.0. The van der Waals surface area contributed by atoms with Gasteiger partial charge in [-0.05, 0) is 20.3 Å². The highest BCUT2D eigenvalue weighted by Crippen LogP contribution is 2.44. The Bertz CT molecular complexity index is 407. The number of barbiturate groups is 1. The molecule has 0 atom stereocenters. The number of rotatable bonds is 4. The number of carboxylic acids is 1. The van der Waals surface area contributed by atoms with Gasteiger partial charge in [-0.25, -0.2) is 4.79 Å². The molecule has 1 aliphatic heterocycles. The Balaban J connectivity index is 3.38. The zero-order chi connectivity index (χ0) is 14.1. The van der Waals surface area contributed by atoms with Crippen LogP contribution >= 0.6 is 0 Å². The van der Waals surface area contributed by atoms with Crippen molar-refractivity contribution in [3.8, 4) is 0 Å². The Labute approximate surface area is 104 Å². The maximum Gasteiger partial charge on any atom is 0.328 e. The minimum atomic E-state index is -1.78. The van der Waals surface area contributed by atoms with E-state index in [-0.39, 0.29) is 6.42 Å². The molecular formula is C11H16N2O5. The number of carbonyl (C=O) groups is 4. The zero-order valence-corrected chi connectivity index (χ0v) is 10.5. The van der Waals surface area contributed by atoms with Crippen LogP contribution in [-0.4, -0.2) is 28.9 Å². The molecule has 1 rings (SSSR count). The highest BCUT2D eigenvalue weighted by atomic mass is 16.4. The van der Waals surface area contributed by atoms with Crippen LogP contribution in [0.15, 0.2) is 0 Å². The summed E-state index contributed by atoms with van der Waals surface area (Å²) in [5.74, 6) is -2.98. The van der Waals surface area contributed by atoms with Crippen LogP contribution in [0.25, 0.3) is 0 Å².